The SMILES string of the molecule is COc1ccc(NC(=O)C(=O)NN=C(C)c2ccc(OCc3c(F)cccc3Cl)c(OC)c2)cc1. The molecule has 3 aromatic carbocycles. The van der Waals surface area contributed by atoms with E-state index in [1.165, 1.54) is 26.4 Å². The summed E-state index contributed by atoms with van der Waals surface area (Å²) in [6.07, 6.45) is 0. The number of hydrogen-bond donors (Lipinski definition) is 2. The van der Waals surface area contributed by atoms with Crippen molar-refractivity contribution in [3.8, 4) is 17.2 Å². The molecule has 0 saturated carbocycles. The second kappa shape index (κ2) is 11.8. The Hall–Kier alpha value is -4.11. The molecule has 0 bridgehead atoms. The lowest BCUT2D eigenvalue weighted by Gasteiger charge is -2.13. The molecule has 8 nitrogen and oxygen atoms in total. The topological polar surface area (TPSA) is 98.2 Å². The van der Waals surface area contributed by atoms with Gasteiger partial charge in [-0.1, -0.05) is 17.7 Å². The number of amides is 2. The number of methoxy groups -OCH3 is 2. The number of hydrazone groups is 1. The van der Waals surface area contributed by atoms with E-state index >= 15 is 0 Å². The normalized spacial score (nSPS) is 10.9. The highest BCUT2D eigenvalue weighted by atomic mass is 35.5. The van der Waals surface area contributed by atoms with Crippen LogP contribution in [0.3, 0.4) is 0 Å². The van der Waals surface area contributed by atoms with E-state index in [1.807, 2.05) is 0 Å². The molecule has 182 valence electrons. The van der Waals surface area contributed by atoms with Gasteiger partial charge in [-0.05, 0) is 61.5 Å². The molecular formula is C25H23ClFN3O5. The van der Waals surface area contributed by atoms with Crippen LogP contribution < -0.4 is 25.0 Å². The van der Waals surface area contributed by atoms with Gasteiger partial charge in [-0.3, -0.25) is 9.59 Å². The molecule has 0 spiro atoms. The third kappa shape index (κ3) is 6.70. The number of halogens is 2. The maximum absolute atomic E-state index is 14.0. The summed E-state index contributed by atoms with van der Waals surface area (Å²) < 4.78 is 30.1. The standard InChI is InChI=1S/C25H23ClFN3O5/c1-15(29-30-25(32)24(31)28-17-8-10-18(33-2)11-9-17)16-7-12-22(23(13-16)34-3)35-14-19-20(26)5-4-6-21(19)27/h4-13H,14H2,1-3H3,(H,28,31)(H,30,32). The zero-order valence-electron chi connectivity index (χ0n) is 19.2. The number of hydrogen-bond acceptors (Lipinski definition) is 6. The molecule has 0 radical (unpaired) electrons. The second-order valence-electron chi connectivity index (χ2n) is 7.18. The number of carbonyl (C=O) groups excluding carboxylic acids is 2. The number of nitrogens with zero attached hydrogens (tertiary/aromatic N) is 1. The lowest BCUT2D eigenvalue weighted by Crippen LogP contribution is -2.32. The Kier molecular flexibility index (Phi) is 8.63. The van der Waals surface area contributed by atoms with E-state index in [0.717, 1.165) is 0 Å². The van der Waals surface area contributed by atoms with Crippen molar-refractivity contribution < 1.29 is 28.2 Å². The monoisotopic (exact) mass is 499 g/mol. The average molecular weight is 500 g/mol. The summed E-state index contributed by atoms with van der Waals surface area (Å²) in [5.41, 5.74) is 3.90. The van der Waals surface area contributed by atoms with Crippen LogP contribution in [0.4, 0.5) is 10.1 Å². The maximum atomic E-state index is 14.0. The van der Waals surface area contributed by atoms with Crippen LogP contribution in [0.1, 0.15) is 18.1 Å². The molecule has 3 rings (SSSR count). The van der Waals surface area contributed by atoms with E-state index in [2.05, 4.69) is 15.8 Å². The Morgan fingerprint density at radius 2 is 1.71 bits per heavy atom. The van der Waals surface area contributed by atoms with Crippen LogP contribution in [0.15, 0.2) is 65.8 Å². The van der Waals surface area contributed by atoms with Gasteiger partial charge in [-0.15, -0.1) is 0 Å². The molecule has 0 heterocycles. The summed E-state index contributed by atoms with van der Waals surface area (Å²) >= 11 is 6.04. The van der Waals surface area contributed by atoms with E-state index in [9.17, 15) is 14.0 Å². The molecule has 0 aliphatic rings. The van der Waals surface area contributed by atoms with Gasteiger partial charge in [-0.2, -0.15) is 5.10 Å². The number of nitrogens with one attached hydrogen (secondary N) is 2. The van der Waals surface area contributed by atoms with E-state index in [4.69, 9.17) is 25.8 Å². The predicted octanol–water partition coefficient (Wildman–Crippen LogP) is 4.55. The summed E-state index contributed by atoms with van der Waals surface area (Å²) in [4.78, 5) is 24.2. The van der Waals surface area contributed by atoms with Gasteiger partial charge in [0.2, 0.25) is 0 Å². The quantitative estimate of drug-likeness (QED) is 0.269. The van der Waals surface area contributed by atoms with Gasteiger partial charge in [-0.25, -0.2) is 9.82 Å². The Morgan fingerprint density at radius 3 is 2.37 bits per heavy atom. The van der Waals surface area contributed by atoms with E-state index < -0.39 is 17.6 Å². The molecule has 0 unspecified atom stereocenters. The van der Waals surface area contributed by atoms with E-state index in [-0.39, 0.29) is 17.2 Å². The minimum atomic E-state index is -0.936. The highest BCUT2D eigenvalue weighted by Gasteiger charge is 2.15. The minimum Gasteiger partial charge on any atom is -0.497 e. The first kappa shape index (κ1) is 25.5. The van der Waals surface area contributed by atoms with Gasteiger partial charge in [0.15, 0.2) is 11.5 Å². The summed E-state index contributed by atoms with van der Waals surface area (Å²) in [6.45, 7) is 1.56. The summed E-state index contributed by atoms with van der Waals surface area (Å²) in [5, 5.41) is 6.71. The fourth-order valence-corrected chi connectivity index (χ4v) is 3.16. The third-order valence-electron chi connectivity index (χ3n) is 4.89. The Bertz CT molecular complexity index is 1230. The van der Waals surface area contributed by atoms with Crippen molar-refractivity contribution in [2.45, 2.75) is 13.5 Å². The van der Waals surface area contributed by atoms with Crippen molar-refractivity contribution in [1.82, 2.24) is 5.43 Å². The van der Waals surface area contributed by atoms with Crippen LogP contribution in [0, 0.1) is 5.82 Å². The van der Waals surface area contributed by atoms with Gasteiger partial charge in [0.25, 0.3) is 0 Å². The molecule has 2 amide bonds. The molecule has 0 saturated heterocycles. The highest BCUT2D eigenvalue weighted by molar-refractivity contribution is 6.39. The average Bonchev–Trinajstić information content (AvgIpc) is 2.87. The molecule has 10 heteroatoms. The summed E-state index contributed by atoms with van der Waals surface area (Å²) in [7, 11) is 2.99. The Morgan fingerprint density at radius 1 is 0.971 bits per heavy atom. The maximum Gasteiger partial charge on any atom is 0.329 e. The van der Waals surface area contributed by atoms with Crippen molar-refractivity contribution in [1.29, 1.82) is 0 Å². The minimum absolute atomic E-state index is 0.0896. The van der Waals surface area contributed by atoms with Crippen LogP contribution >= 0.6 is 11.6 Å². The first-order chi connectivity index (χ1) is 16.8. The molecule has 0 aliphatic heterocycles. The van der Waals surface area contributed by atoms with Crippen molar-refractivity contribution in [2.24, 2.45) is 5.10 Å². The van der Waals surface area contributed by atoms with E-state index in [0.29, 0.717) is 34.2 Å². The first-order valence-corrected chi connectivity index (χ1v) is 10.7. The Labute approximate surface area is 206 Å². The molecule has 0 aliphatic carbocycles. The number of rotatable bonds is 8. The molecule has 0 atom stereocenters. The van der Waals surface area contributed by atoms with Crippen molar-refractivity contribution in [3.63, 3.8) is 0 Å². The van der Waals surface area contributed by atoms with Crippen LogP contribution in [0.5, 0.6) is 17.2 Å². The van der Waals surface area contributed by atoms with Crippen LogP contribution in [0.2, 0.25) is 5.02 Å². The zero-order chi connectivity index (χ0) is 25.4. The molecule has 0 aromatic heterocycles. The smallest absolute Gasteiger partial charge is 0.329 e. The van der Waals surface area contributed by atoms with Crippen molar-refractivity contribution in [3.05, 3.63) is 82.6 Å². The molecule has 2 N–H and O–H groups in total. The Balaban J connectivity index is 1.63. The van der Waals surface area contributed by atoms with E-state index in [1.54, 1.807) is 55.5 Å². The molecule has 35 heavy (non-hydrogen) atoms. The molecular weight excluding hydrogens is 477 g/mol. The van der Waals surface area contributed by atoms with Crippen LogP contribution in [-0.2, 0) is 16.2 Å². The number of carbonyl (C=O) groups is 2. The fourth-order valence-electron chi connectivity index (χ4n) is 2.94. The van der Waals surface area contributed by atoms with Crippen LogP contribution in [-0.4, -0.2) is 31.7 Å². The lowest BCUT2D eigenvalue weighted by molar-refractivity contribution is -0.136. The third-order valence-corrected chi connectivity index (χ3v) is 5.25. The van der Waals surface area contributed by atoms with Crippen LogP contribution in [0.25, 0.3) is 0 Å². The number of anilines is 1. The molecule has 3 aromatic rings. The van der Waals surface area contributed by atoms with Gasteiger partial charge in [0.05, 0.1) is 25.0 Å². The largest absolute Gasteiger partial charge is 0.497 e. The highest BCUT2D eigenvalue weighted by Crippen LogP contribution is 2.30. The summed E-state index contributed by atoms with van der Waals surface area (Å²) in [6, 6.07) is 15.9. The number of benzene rings is 3. The van der Waals surface area contributed by atoms with Gasteiger partial charge in [0, 0.05) is 16.8 Å². The van der Waals surface area contributed by atoms with Crippen molar-refractivity contribution in [2.75, 3.05) is 19.5 Å². The second-order valence-corrected chi connectivity index (χ2v) is 7.58. The predicted molar refractivity (Wildman–Crippen MR) is 131 cm³/mol. The van der Waals surface area contributed by atoms with Gasteiger partial charge in [0.1, 0.15) is 18.2 Å². The van der Waals surface area contributed by atoms with Gasteiger partial charge < -0.3 is 19.5 Å². The molecule has 0 fully saturated rings. The van der Waals surface area contributed by atoms with Gasteiger partial charge >= 0.3 is 11.8 Å². The first-order valence-electron chi connectivity index (χ1n) is 10.4. The lowest BCUT2D eigenvalue weighted by atomic mass is 10.1. The van der Waals surface area contributed by atoms with Crippen molar-refractivity contribution >= 4 is 34.8 Å². The summed E-state index contributed by atoms with van der Waals surface area (Å²) in [5.74, 6) is -0.925. The zero-order valence-corrected chi connectivity index (χ0v) is 20.0. The fraction of sp³-hybridized carbons (Fsp3) is 0.160. The number of ether oxygens (including phenoxy) is 3.